The zero-order valence-electron chi connectivity index (χ0n) is 12.1. The molecule has 2 rings (SSSR count). The normalized spacial score (nSPS) is 28.4. The molecule has 3 atom stereocenters. The molecule has 2 heteroatoms. The van der Waals surface area contributed by atoms with E-state index in [1.165, 1.54) is 24.8 Å². The third-order valence-corrected chi connectivity index (χ3v) is 5.88. The highest BCUT2D eigenvalue weighted by Crippen LogP contribution is 2.45. The lowest BCUT2D eigenvalue weighted by Gasteiger charge is -2.42. The van der Waals surface area contributed by atoms with Crippen LogP contribution in [-0.4, -0.2) is 4.83 Å². The Labute approximate surface area is 131 Å². The van der Waals surface area contributed by atoms with Gasteiger partial charge in [0.05, 0.1) is 0 Å². The standard InChI is InChI=1S/C17H24BrCl/c1-12-4-9-15(16(18)10-12)17(2,3)11-13-5-7-14(19)8-6-13/h5-8,12,15-16H,4,9-11H2,1-3H3. The molecule has 19 heavy (non-hydrogen) atoms. The first-order valence-corrected chi connectivity index (χ1v) is 8.56. The van der Waals surface area contributed by atoms with Crippen molar-refractivity contribution in [3.05, 3.63) is 34.9 Å². The molecule has 0 nitrogen and oxygen atoms in total. The molecule has 0 aromatic heterocycles. The van der Waals surface area contributed by atoms with Gasteiger partial charge in [-0.15, -0.1) is 0 Å². The van der Waals surface area contributed by atoms with Crippen molar-refractivity contribution in [3.8, 4) is 0 Å². The van der Waals surface area contributed by atoms with Crippen molar-refractivity contribution in [1.82, 2.24) is 0 Å². The highest BCUT2D eigenvalue weighted by Gasteiger charge is 2.37. The summed E-state index contributed by atoms with van der Waals surface area (Å²) in [5.41, 5.74) is 1.73. The average Bonchev–Trinajstić information content (AvgIpc) is 2.31. The molecule has 0 spiro atoms. The quantitative estimate of drug-likeness (QED) is 0.581. The second kappa shape index (κ2) is 6.18. The van der Waals surface area contributed by atoms with Crippen LogP contribution in [0.15, 0.2) is 24.3 Å². The molecule has 0 heterocycles. The Bertz CT molecular complexity index is 410. The second-order valence-electron chi connectivity index (χ2n) is 6.83. The molecule has 1 aliphatic rings. The van der Waals surface area contributed by atoms with Crippen LogP contribution in [0.2, 0.25) is 5.02 Å². The van der Waals surface area contributed by atoms with Gasteiger partial charge in [-0.05, 0) is 54.2 Å². The average molecular weight is 344 g/mol. The van der Waals surface area contributed by atoms with Gasteiger partial charge in [0.2, 0.25) is 0 Å². The number of rotatable bonds is 3. The van der Waals surface area contributed by atoms with Crippen LogP contribution in [0.3, 0.4) is 0 Å². The van der Waals surface area contributed by atoms with Crippen molar-refractivity contribution in [2.75, 3.05) is 0 Å². The van der Waals surface area contributed by atoms with Gasteiger partial charge in [-0.1, -0.05) is 66.9 Å². The second-order valence-corrected chi connectivity index (χ2v) is 8.45. The van der Waals surface area contributed by atoms with Gasteiger partial charge in [-0.3, -0.25) is 0 Å². The lowest BCUT2D eigenvalue weighted by Crippen LogP contribution is -2.37. The van der Waals surface area contributed by atoms with Crippen LogP contribution < -0.4 is 0 Å². The molecule has 1 fully saturated rings. The highest BCUT2D eigenvalue weighted by molar-refractivity contribution is 9.09. The summed E-state index contributed by atoms with van der Waals surface area (Å²) in [6.45, 7) is 7.20. The number of benzene rings is 1. The van der Waals surface area contributed by atoms with E-state index in [1.807, 2.05) is 12.1 Å². The summed E-state index contributed by atoms with van der Waals surface area (Å²) >= 11 is 9.90. The van der Waals surface area contributed by atoms with E-state index >= 15 is 0 Å². The van der Waals surface area contributed by atoms with Gasteiger partial charge in [0.15, 0.2) is 0 Å². The van der Waals surface area contributed by atoms with Gasteiger partial charge < -0.3 is 0 Å². The van der Waals surface area contributed by atoms with Crippen molar-refractivity contribution in [2.24, 2.45) is 17.3 Å². The number of alkyl halides is 1. The zero-order chi connectivity index (χ0) is 14.0. The van der Waals surface area contributed by atoms with E-state index in [9.17, 15) is 0 Å². The Balaban J connectivity index is 2.07. The van der Waals surface area contributed by atoms with E-state index in [4.69, 9.17) is 11.6 Å². The molecule has 0 radical (unpaired) electrons. The van der Waals surface area contributed by atoms with Gasteiger partial charge >= 0.3 is 0 Å². The molecule has 1 aromatic rings. The van der Waals surface area contributed by atoms with Crippen LogP contribution in [0.4, 0.5) is 0 Å². The van der Waals surface area contributed by atoms with E-state index in [1.54, 1.807) is 0 Å². The number of halogens is 2. The van der Waals surface area contributed by atoms with E-state index in [2.05, 4.69) is 48.8 Å². The monoisotopic (exact) mass is 342 g/mol. The Morgan fingerprint density at radius 3 is 2.42 bits per heavy atom. The molecule has 1 aliphatic carbocycles. The fourth-order valence-electron chi connectivity index (χ4n) is 3.45. The van der Waals surface area contributed by atoms with Crippen molar-refractivity contribution in [3.63, 3.8) is 0 Å². The maximum atomic E-state index is 5.96. The Morgan fingerprint density at radius 2 is 1.84 bits per heavy atom. The summed E-state index contributed by atoms with van der Waals surface area (Å²) in [6, 6.07) is 8.33. The maximum Gasteiger partial charge on any atom is 0.0406 e. The molecule has 0 N–H and O–H groups in total. The minimum absolute atomic E-state index is 0.335. The van der Waals surface area contributed by atoms with Gasteiger partial charge in [-0.25, -0.2) is 0 Å². The molecular formula is C17H24BrCl. The minimum Gasteiger partial charge on any atom is -0.0887 e. The summed E-state index contributed by atoms with van der Waals surface area (Å²) in [6.07, 6.45) is 5.16. The molecule has 0 saturated heterocycles. The summed E-state index contributed by atoms with van der Waals surface area (Å²) in [7, 11) is 0. The molecule has 0 aliphatic heterocycles. The van der Waals surface area contributed by atoms with Gasteiger partial charge in [0, 0.05) is 9.85 Å². The van der Waals surface area contributed by atoms with Crippen LogP contribution >= 0.6 is 27.5 Å². The topological polar surface area (TPSA) is 0 Å². The van der Waals surface area contributed by atoms with Crippen LogP contribution in [0.1, 0.15) is 45.6 Å². The molecule has 3 unspecified atom stereocenters. The predicted octanol–water partition coefficient (Wildman–Crippen LogP) is 6.11. The Hall–Kier alpha value is -0.0100. The summed E-state index contributed by atoms with van der Waals surface area (Å²) in [5, 5.41) is 0.825. The highest BCUT2D eigenvalue weighted by atomic mass is 79.9. The van der Waals surface area contributed by atoms with Crippen molar-refractivity contribution >= 4 is 27.5 Å². The minimum atomic E-state index is 0.335. The molecule has 0 bridgehead atoms. The fourth-order valence-corrected chi connectivity index (χ4v) is 5.20. The van der Waals surface area contributed by atoms with Crippen molar-refractivity contribution in [1.29, 1.82) is 0 Å². The number of hydrogen-bond acceptors (Lipinski definition) is 0. The molecule has 1 saturated carbocycles. The largest absolute Gasteiger partial charge is 0.0887 e. The maximum absolute atomic E-state index is 5.96. The first-order valence-electron chi connectivity index (χ1n) is 7.27. The predicted molar refractivity (Wildman–Crippen MR) is 88.2 cm³/mol. The van der Waals surface area contributed by atoms with Crippen molar-refractivity contribution in [2.45, 2.75) is 51.3 Å². The smallest absolute Gasteiger partial charge is 0.0406 e. The third-order valence-electron chi connectivity index (χ3n) is 4.61. The zero-order valence-corrected chi connectivity index (χ0v) is 14.5. The molecule has 1 aromatic carbocycles. The number of hydrogen-bond donors (Lipinski definition) is 0. The van der Waals surface area contributed by atoms with E-state index in [0.717, 1.165) is 23.3 Å². The van der Waals surface area contributed by atoms with E-state index < -0.39 is 0 Å². The fraction of sp³-hybridized carbons (Fsp3) is 0.647. The first kappa shape index (κ1) is 15.4. The molecule has 106 valence electrons. The van der Waals surface area contributed by atoms with E-state index in [0.29, 0.717) is 10.2 Å². The van der Waals surface area contributed by atoms with Gasteiger partial charge in [0.1, 0.15) is 0 Å². The van der Waals surface area contributed by atoms with Gasteiger partial charge in [0.25, 0.3) is 0 Å². The first-order chi connectivity index (χ1) is 8.88. The lowest BCUT2D eigenvalue weighted by atomic mass is 9.66. The van der Waals surface area contributed by atoms with Gasteiger partial charge in [-0.2, -0.15) is 0 Å². The van der Waals surface area contributed by atoms with Crippen LogP contribution in [0.25, 0.3) is 0 Å². The van der Waals surface area contributed by atoms with Crippen molar-refractivity contribution < 1.29 is 0 Å². The summed E-state index contributed by atoms with van der Waals surface area (Å²) in [4.78, 5) is 0.665. The third kappa shape index (κ3) is 3.98. The summed E-state index contributed by atoms with van der Waals surface area (Å²) in [5.74, 6) is 1.63. The Morgan fingerprint density at radius 1 is 1.21 bits per heavy atom. The molecule has 0 amide bonds. The van der Waals surface area contributed by atoms with Crippen LogP contribution in [-0.2, 0) is 6.42 Å². The Kier molecular flexibility index (Phi) is 5.00. The van der Waals surface area contributed by atoms with E-state index in [-0.39, 0.29) is 0 Å². The van der Waals surface area contributed by atoms with Crippen LogP contribution in [0, 0.1) is 17.3 Å². The molecular weight excluding hydrogens is 320 g/mol. The van der Waals surface area contributed by atoms with Crippen LogP contribution in [0.5, 0.6) is 0 Å². The summed E-state index contributed by atoms with van der Waals surface area (Å²) < 4.78 is 0. The SMILES string of the molecule is CC1CCC(C(C)(C)Cc2ccc(Cl)cc2)C(Br)C1. The lowest BCUT2D eigenvalue weighted by molar-refractivity contribution is 0.147.